The van der Waals surface area contributed by atoms with Gasteiger partial charge in [-0.15, -0.1) is 0 Å². The molecule has 0 aromatic heterocycles. The molecule has 1 aromatic carbocycles. The molecule has 0 unspecified atom stereocenters. The van der Waals surface area contributed by atoms with Gasteiger partial charge in [-0.3, -0.25) is 8.98 Å². The van der Waals surface area contributed by atoms with Crippen molar-refractivity contribution in [1.29, 1.82) is 0 Å². The van der Waals surface area contributed by atoms with E-state index in [1.54, 1.807) is 24.3 Å². The average molecular weight is 309 g/mol. The number of carbonyl (C=O) groups is 1. The van der Waals surface area contributed by atoms with Crippen molar-refractivity contribution in [3.05, 3.63) is 29.8 Å². The van der Waals surface area contributed by atoms with Crippen LogP contribution in [-0.2, 0) is 19.1 Å². The Morgan fingerprint density at radius 1 is 1.29 bits per heavy atom. The molecule has 2 heterocycles. The molecule has 3 rings (SSSR count). The Morgan fingerprint density at radius 3 is 2.71 bits per heavy atom. The van der Waals surface area contributed by atoms with Gasteiger partial charge in [0.2, 0.25) is 5.91 Å². The number of aryl methyl sites for hydroxylation is 1. The van der Waals surface area contributed by atoms with Gasteiger partial charge in [-0.1, -0.05) is 17.7 Å². The molecule has 5 nitrogen and oxygen atoms in total. The van der Waals surface area contributed by atoms with Gasteiger partial charge in [0.1, 0.15) is 0 Å². The molecule has 2 saturated heterocycles. The molecule has 1 amide bonds. The highest BCUT2D eigenvalue weighted by molar-refractivity contribution is 7.86. The summed E-state index contributed by atoms with van der Waals surface area (Å²) >= 11 is 0. The first-order chi connectivity index (χ1) is 9.97. The van der Waals surface area contributed by atoms with Gasteiger partial charge in [-0.05, 0) is 31.9 Å². The minimum Gasteiger partial charge on any atom is -0.339 e. The molecule has 2 aliphatic rings. The smallest absolute Gasteiger partial charge is 0.296 e. The van der Waals surface area contributed by atoms with Crippen molar-refractivity contribution in [2.24, 2.45) is 5.92 Å². The van der Waals surface area contributed by atoms with Crippen molar-refractivity contribution in [3.8, 4) is 0 Å². The summed E-state index contributed by atoms with van der Waals surface area (Å²) in [5.74, 6) is 0.110. The molecule has 2 atom stereocenters. The Kier molecular flexibility index (Phi) is 3.75. The summed E-state index contributed by atoms with van der Waals surface area (Å²) in [6.45, 7) is 2.78. The van der Waals surface area contributed by atoms with Gasteiger partial charge in [-0.25, -0.2) is 0 Å². The van der Waals surface area contributed by atoms with Crippen LogP contribution in [0, 0.1) is 12.8 Å². The van der Waals surface area contributed by atoms with Gasteiger partial charge in [0.25, 0.3) is 10.1 Å². The van der Waals surface area contributed by atoms with Crippen LogP contribution < -0.4 is 0 Å². The standard InChI is InChI=1S/C15H19NO4S/c1-11-4-6-13(7-5-11)21(18,19)20-10-12-9-15(17)16-8-2-3-14(12)16/h4-7,12,14H,2-3,8-10H2,1H3/t12-,14+/m0/s1. The molecule has 0 saturated carbocycles. The largest absolute Gasteiger partial charge is 0.339 e. The molecular formula is C15H19NO4S. The van der Waals surface area contributed by atoms with Crippen LogP contribution in [0.25, 0.3) is 0 Å². The molecule has 0 aliphatic carbocycles. The highest BCUT2D eigenvalue weighted by atomic mass is 32.2. The average Bonchev–Trinajstić information content (AvgIpc) is 3.02. The van der Waals surface area contributed by atoms with Crippen molar-refractivity contribution < 1.29 is 17.4 Å². The van der Waals surface area contributed by atoms with E-state index in [1.165, 1.54) is 0 Å². The summed E-state index contributed by atoms with van der Waals surface area (Å²) in [6.07, 6.45) is 2.34. The predicted molar refractivity (Wildman–Crippen MR) is 77.2 cm³/mol. The Bertz CT molecular complexity index is 638. The Hall–Kier alpha value is -1.40. The Morgan fingerprint density at radius 2 is 2.00 bits per heavy atom. The number of benzene rings is 1. The number of rotatable bonds is 4. The lowest BCUT2D eigenvalue weighted by molar-refractivity contribution is -0.127. The van der Waals surface area contributed by atoms with Crippen LogP contribution in [0.15, 0.2) is 29.2 Å². The van der Waals surface area contributed by atoms with Crippen LogP contribution in [-0.4, -0.2) is 38.4 Å². The van der Waals surface area contributed by atoms with Crippen molar-refractivity contribution in [2.75, 3.05) is 13.2 Å². The zero-order valence-corrected chi connectivity index (χ0v) is 12.8. The molecule has 0 bridgehead atoms. The molecule has 21 heavy (non-hydrogen) atoms. The summed E-state index contributed by atoms with van der Waals surface area (Å²) in [4.78, 5) is 13.9. The fraction of sp³-hybridized carbons (Fsp3) is 0.533. The zero-order valence-electron chi connectivity index (χ0n) is 12.0. The highest BCUT2D eigenvalue weighted by Gasteiger charge is 2.42. The molecule has 2 fully saturated rings. The number of nitrogens with zero attached hydrogens (tertiary/aromatic N) is 1. The van der Waals surface area contributed by atoms with E-state index < -0.39 is 10.1 Å². The summed E-state index contributed by atoms with van der Waals surface area (Å²) in [5.41, 5.74) is 0.997. The van der Waals surface area contributed by atoms with E-state index in [9.17, 15) is 13.2 Å². The van der Waals surface area contributed by atoms with Crippen LogP contribution >= 0.6 is 0 Å². The third-order valence-electron chi connectivity index (χ3n) is 4.35. The molecule has 0 N–H and O–H groups in total. The number of carbonyl (C=O) groups excluding carboxylic acids is 1. The second kappa shape index (κ2) is 5.42. The minimum absolute atomic E-state index is 0.0137. The maximum Gasteiger partial charge on any atom is 0.296 e. The third-order valence-corrected chi connectivity index (χ3v) is 5.64. The lowest BCUT2D eigenvalue weighted by Crippen LogP contribution is -2.30. The zero-order chi connectivity index (χ0) is 15.0. The quantitative estimate of drug-likeness (QED) is 0.794. The van der Waals surface area contributed by atoms with Crippen molar-refractivity contribution in [3.63, 3.8) is 0 Å². The number of hydrogen-bond acceptors (Lipinski definition) is 4. The molecule has 0 spiro atoms. The molecule has 6 heteroatoms. The summed E-state index contributed by atoms with van der Waals surface area (Å²) in [6, 6.07) is 6.74. The molecule has 1 aromatic rings. The summed E-state index contributed by atoms with van der Waals surface area (Å²) in [7, 11) is -3.74. The van der Waals surface area contributed by atoms with Gasteiger partial charge >= 0.3 is 0 Å². The second-order valence-corrected chi connectivity index (χ2v) is 7.43. The Balaban J connectivity index is 1.67. The number of fused-ring (bicyclic) bond motifs is 1. The molecule has 2 aliphatic heterocycles. The van der Waals surface area contributed by atoms with Gasteiger partial charge in [-0.2, -0.15) is 8.42 Å². The van der Waals surface area contributed by atoms with Gasteiger partial charge in [0.15, 0.2) is 0 Å². The fourth-order valence-electron chi connectivity index (χ4n) is 3.19. The molecular weight excluding hydrogens is 290 g/mol. The predicted octanol–water partition coefficient (Wildman–Crippen LogP) is 1.71. The van der Waals surface area contributed by atoms with Crippen molar-refractivity contribution >= 4 is 16.0 Å². The van der Waals surface area contributed by atoms with Crippen molar-refractivity contribution in [1.82, 2.24) is 4.90 Å². The monoisotopic (exact) mass is 309 g/mol. The van der Waals surface area contributed by atoms with Crippen LogP contribution in [0.3, 0.4) is 0 Å². The van der Waals surface area contributed by atoms with E-state index >= 15 is 0 Å². The van der Waals surface area contributed by atoms with Gasteiger partial charge in [0, 0.05) is 24.9 Å². The summed E-state index contributed by atoms with van der Waals surface area (Å²) < 4.78 is 29.5. The maximum absolute atomic E-state index is 12.2. The van der Waals surface area contributed by atoms with Gasteiger partial charge < -0.3 is 4.90 Å². The second-order valence-electron chi connectivity index (χ2n) is 5.81. The minimum atomic E-state index is -3.74. The third kappa shape index (κ3) is 2.82. The lowest BCUT2D eigenvalue weighted by atomic mass is 10.00. The van der Waals surface area contributed by atoms with Crippen LogP contribution in [0.5, 0.6) is 0 Å². The number of hydrogen-bond donors (Lipinski definition) is 0. The lowest BCUT2D eigenvalue weighted by Gasteiger charge is -2.19. The van der Waals surface area contributed by atoms with Crippen LogP contribution in [0.2, 0.25) is 0 Å². The topological polar surface area (TPSA) is 63.7 Å². The van der Waals surface area contributed by atoms with E-state index in [0.717, 1.165) is 24.9 Å². The first-order valence-corrected chi connectivity index (χ1v) is 8.64. The van der Waals surface area contributed by atoms with Crippen LogP contribution in [0.4, 0.5) is 0 Å². The van der Waals surface area contributed by atoms with Gasteiger partial charge in [0.05, 0.1) is 11.5 Å². The van der Waals surface area contributed by atoms with E-state index in [2.05, 4.69) is 0 Å². The van der Waals surface area contributed by atoms with E-state index in [1.807, 2.05) is 11.8 Å². The Labute approximate surface area is 125 Å². The normalized spacial score (nSPS) is 25.4. The van der Waals surface area contributed by atoms with Crippen molar-refractivity contribution in [2.45, 2.75) is 37.1 Å². The first kappa shape index (κ1) is 14.5. The molecule has 114 valence electrons. The first-order valence-electron chi connectivity index (χ1n) is 7.23. The van der Waals surface area contributed by atoms with Crippen LogP contribution in [0.1, 0.15) is 24.8 Å². The maximum atomic E-state index is 12.2. The van der Waals surface area contributed by atoms with E-state index in [0.29, 0.717) is 6.42 Å². The van der Waals surface area contributed by atoms with E-state index in [4.69, 9.17) is 4.18 Å². The summed E-state index contributed by atoms with van der Waals surface area (Å²) in [5, 5.41) is 0. The SMILES string of the molecule is Cc1ccc(S(=O)(=O)OC[C@@H]2CC(=O)N3CCC[C@H]23)cc1. The number of amides is 1. The highest BCUT2D eigenvalue weighted by Crippen LogP contribution is 2.34. The fourth-order valence-corrected chi connectivity index (χ4v) is 4.15. The van der Waals surface area contributed by atoms with E-state index in [-0.39, 0.29) is 29.4 Å². The molecule has 0 radical (unpaired) electrons.